The van der Waals surface area contributed by atoms with Crippen molar-refractivity contribution in [3.63, 3.8) is 0 Å². The molecule has 1 aromatic rings. The molecular formula is C13H15FO. The Labute approximate surface area is 89.3 Å². The Kier molecular flexibility index (Phi) is 2.87. The van der Waals surface area contributed by atoms with E-state index in [1.165, 1.54) is 6.07 Å². The number of hydrogen-bond donors (Lipinski definition) is 1. The van der Waals surface area contributed by atoms with Gasteiger partial charge in [0.1, 0.15) is 5.82 Å². The Morgan fingerprint density at radius 2 is 2.20 bits per heavy atom. The molecule has 0 saturated heterocycles. The highest BCUT2D eigenvalue weighted by atomic mass is 19.1. The second-order valence-corrected chi connectivity index (χ2v) is 4.13. The summed E-state index contributed by atoms with van der Waals surface area (Å²) in [5.41, 5.74) is 2.64. The molecule has 1 aliphatic carbocycles. The molecule has 1 N–H and O–H groups in total. The Bertz CT molecular complexity index is 396. The lowest BCUT2D eigenvalue weighted by Gasteiger charge is -2.18. The number of aliphatic hydroxyl groups excluding tert-OH is 1. The maximum absolute atomic E-state index is 13.6. The van der Waals surface area contributed by atoms with E-state index < -0.39 is 6.10 Å². The van der Waals surface area contributed by atoms with E-state index in [4.69, 9.17) is 0 Å². The summed E-state index contributed by atoms with van der Waals surface area (Å²) >= 11 is 0. The molecule has 0 amide bonds. The van der Waals surface area contributed by atoms with Gasteiger partial charge in [-0.1, -0.05) is 17.7 Å². The molecule has 0 aromatic heterocycles. The van der Waals surface area contributed by atoms with Crippen molar-refractivity contribution in [3.05, 3.63) is 41.2 Å². The number of aliphatic hydroxyl groups is 1. The van der Waals surface area contributed by atoms with E-state index >= 15 is 0 Å². The first-order chi connectivity index (χ1) is 7.16. The van der Waals surface area contributed by atoms with Crippen LogP contribution in [-0.2, 0) is 0 Å². The van der Waals surface area contributed by atoms with E-state index in [1.54, 1.807) is 12.1 Å². The first-order valence-corrected chi connectivity index (χ1v) is 5.32. The zero-order valence-corrected chi connectivity index (χ0v) is 8.83. The quantitative estimate of drug-likeness (QED) is 0.748. The van der Waals surface area contributed by atoms with Crippen molar-refractivity contribution in [1.82, 2.24) is 0 Å². The molecule has 80 valence electrons. The Morgan fingerprint density at radius 1 is 1.40 bits per heavy atom. The highest BCUT2D eigenvalue weighted by Gasteiger charge is 2.14. The Morgan fingerprint density at radius 3 is 2.93 bits per heavy atom. The maximum atomic E-state index is 13.6. The van der Waals surface area contributed by atoms with Crippen molar-refractivity contribution in [2.45, 2.75) is 32.3 Å². The lowest BCUT2D eigenvalue weighted by molar-refractivity contribution is 0.206. The predicted octanol–water partition coefficient (Wildman–Crippen LogP) is 3.06. The average Bonchev–Trinajstić information content (AvgIpc) is 2.22. The number of halogens is 1. The molecule has 2 rings (SSSR count). The first kappa shape index (κ1) is 10.4. The smallest absolute Gasteiger partial charge is 0.130 e. The van der Waals surface area contributed by atoms with Gasteiger partial charge in [0, 0.05) is 5.56 Å². The molecule has 0 bridgehead atoms. The summed E-state index contributed by atoms with van der Waals surface area (Å²) in [4.78, 5) is 0. The van der Waals surface area contributed by atoms with Gasteiger partial charge in [-0.2, -0.15) is 0 Å². The van der Waals surface area contributed by atoms with Crippen molar-refractivity contribution in [1.29, 1.82) is 0 Å². The molecular weight excluding hydrogens is 191 g/mol. The van der Waals surface area contributed by atoms with E-state index in [9.17, 15) is 9.50 Å². The van der Waals surface area contributed by atoms with Gasteiger partial charge >= 0.3 is 0 Å². The van der Waals surface area contributed by atoms with Crippen molar-refractivity contribution >= 4 is 5.57 Å². The molecule has 0 radical (unpaired) electrons. The second kappa shape index (κ2) is 4.15. The molecule has 1 nitrogen and oxygen atoms in total. The standard InChI is InChI=1S/C13H15FO/c1-9-5-6-13(14)12(7-9)10-3-2-4-11(15)8-10/h5-8,11,15H,2-4H2,1H3. The zero-order chi connectivity index (χ0) is 10.8. The molecule has 0 heterocycles. The second-order valence-electron chi connectivity index (χ2n) is 4.13. The zero-order valence-electron chi connectivity index (χ0n) is 8.83. The Balaban J connectivity index is 2.40. The molecule has 15 heavy (non-hydrogen) atoms. The van der Waals surface area contributed by atoms with Gasteiger partial charge in [0.15, 0.2) is 0 Å². The molecule has 0 saturated carbocycles. The highest BCUT2D eigenvalue weighted by Crippen LogP contribution is 2.29. The first-order valence-electron chi connectivity index (χ1n) is 5.32. The summed E-state index contributed by atoms with van der Waals surface area (Å²) in [7, 11) is 0. The Hall–Kier alpha value is -1.15. The largest absolute Gasteiger partial charge is 0.389 e. The SMILES string of the molecule is Cc1ccc(F)c(C2=CC(O)CCC2)c1. The van der Waals surface area contributed by atoms with E-state index in [0.29, 0.717) is 5.56 Å². The third-order valence-corrected chi connectivity index (χ3v) is 2.81. The normalized spacial score (nSPS) is 21.3. The minimum atomic E-state index is -0.409. The highest BCUT2D eigenvalue weighted by molar-refractivity contribution is 5.67. The summed E-state index contributed by atoms with van der Waals surface area (Å²) in [6, 6.07) is 5.10. The van der Waals surface area contributed by atoms with Gasteiger partial charge < -0.3 is 5.11 Å². The summed E-state index contributed by atoms with van der Waals surface area (Å²) < 4.78 is 13.6. The fourth-order valence-corrected chi connectivity index (χ4v) is 2.01. The van der Waals surface area contributed by atoms with Crippen LogP contribution in [-0.4, -0.2) is 11.2 Å². The number of hydrogen-bond acceptors (Lipinski definition) is 1. The van der Waals surface area contributed by atoms with Gasteiger partial charge in [0.05, 0.1) is 6.10 Å². The molecule has 0 fully saturated rings. The minimum absolute atomic E-state index is 0.194. The van der Waals surface area contributed by atoms with Crippen LogP contribution in [0.2, 0.25) is 0 Å². The summed E-state index contributed by atoms with van der Waals surface area (Å²) in [6.07, 6.45) is 3.95. The molecule has 1 unspecified atom stereocenters. The molecule has 1 aliphatic rings. The van der Waals surface area contributed by atoms with Crippen LogP contribution in [0.4, 0.5) is 4.39 Å². The predicted molar refractivity (Wildman–Crippen MR) is 59.0 cm³/mol. The van der Waals surface area contributed by atoms with Gasteiger partial charge in [-0.3, -0.25) is 0 Å². The fourth-order valence-electron chi connectivity index (χ4n) is 2.01. The number of rotatable bonds is 1. The van der Waals surface area contributed by atoms with Gasteiger partial charge in [0.2, 0.25) is 0 Å². The molecule has 0 aliphatic heterocycles. The lowest BCUT2D eigenvalue weighted by atomic mass is 9.91. The van der Waals surface area contributed by atoms with Crippen molar-refractivity contribution in [2.75, 3.05) is 0 Å². The lowest BCUT2D eigenvalue weighted by Crippen LogP contribution is -2.09. The van der Waals surface area contributed by atoms with Crippen molar-refractivity contribution < 1.29 is 9.50 Å². The topological polar surface area (TPSA) is 20.2 Å². The van der Waals surface area contributed by atoms with Crippen LogP contribution < -0.4 is 0 Å². The maximum Gasteiger partial charge on any atom is 0.130 e. The van der Waals surface area contributed by atoms with Crippen LogP contribution >= 0.6 is 0 Å². The van der Waals surface area contributed by atoms with Gasteiger partial charge in [-0.15, -0.1) is 0 Å². The van der Waals surface area contributed by atoms with Crippen molar-refractivity contribution in [3.8, 4) is 0 Å². The molecule has 1 atom stereocenters. The molecule has 0 spiro atoms. The van der Waals surface area contributed by atoms with Gasteiger partial charge in [-0.05, 0) is 43.9 Å². The van der Waals surface area contributed by atoms with Crippen LogP contribution in [0.3, 0.4) is 0 Å². The average molecular weight is 206 g/mol. The summed E-state index contributed by atoms with van der Waals surface area (Å²) in [5, 5.41) is 9.50. The van der Waals surface area contributed by atoms with Gasteiger partial charge in [0.25, 0.3) is 0 Å². The van der Waals surface area contributed by atoms with E-state index in [0.717, 1.165) is 30.4 Å². The number of benzene rings is 1. The summed E-state index contributed by atoms with van der Waals surface area (Å²) in [6.45, 7) is 1.95. The van der Waals surface area contributed by atoms with Crippen LogP contribution in [0.1, 0.15) is 30.4 Å². The third kappa shape index (κ3) is 2.26. The number of aryl methyl sites for hydroxylation is 1. The molecule has 1 aromatic carbocycles. The fraction of sp³-hybridized carbons (Fsp3) is 0.385. The van der Waals surface area contributed by atoms with Crippen LogP contribution in [0.15, 0.2) is 24.3 Å². The van der Waals surface area contributed by atoms with Crippen LogP contribution in [0.5, 0.6) is 0 Å². The van der Waals surface area contributed by atoms with E-state index in [2.05, 4.69) is 0 Å². The minimum Gasteiger partial charge on any atom is -0.389 e. The van der Waals surface area contributed by atoms with E-state index in [-0.39, 0.29) is 5.82 Å². The number of allylic oxidation sites excluding steroid dienone is 1. The van der Waals surface area contributed by atoms with Crippen molar-refractivity contribution in [2.24, 2.45) is 0 Å². The molecule has 2 heteroatoms. The monoisotopic (exact) mass is 206 g/mol. The summed E-state index contributed by atoms with van der Waals surface area (Å²) in [5.74, 6) is -0.194. The van der Waals surface area contributed by atoms with E-state index in [1.807, 2.05) is 13.0 Å². The van der Waals surface area contributed by atoms with Gasteiger partial charge in [-0.25, -0.2) is 4.39 Å². The van der Waals surface area contributed by atoms with Crippen LogP contribution in [0.25, 0.3) is 5.57 Å². The third-order valence-electron chi connectivity index (χ3n) is 2.81. The van der Waals surface area contributed by atoms with Crippen LogP contribution in [0, 0.1) is 12.7 Å².